The highest BCUT2D eigenvalue weighted by Gasteiger charge is 2.16. The van der Waals surface area contributed by atoms with Crippen LogP contribution in [0.1, 0.15) is 5.56 Å². The summed E-state index contributed by atoms with van der Waals surface area (Å²) in [5.41, 5.74) is 1.40. The smallest absolute Gasteiger partial charge is 0.331 e. The number of hydrogen-bond donors (Lipinski definition) is 0. The second kappa shape index (κ2) is 9.40. The Morgan fingerprint density at radius 3 is 2.48 bits per heavy atom. The molecular weight excluding hydrogens is 384 g/mol. The molecule has 0 radical (unpaired) electrons. The van der Waals surface area contributed by atoms with Gasteiger partial charge in [0.1, 0.15) is 6.54 Å². The first kappa shape index (κ1) is 18.4. The van der Waals surface area contributed by atoms with Gasteiger partial charge >= 0.3 is 5.97 Å². The van der Waals surface area contributed by atoms with Crippen LogP contribution < -0.4 is 4.90 Å². The van der Waals surface area contributed by atoms with Crippen LogP contribution in [0, 0.1) is 11.3 Å². The molecule has 0 fully saturated rings. The predicted octanol–water partition coefficient (Wildman–Crippen LogP) is 3.56. The van der Waals surface area contributed by atoms with Gasteiger partial charge in [0.25, 0.3) is 5.91 Å². The Labute approximate surface area is 154 Å². The van der Waals surface area contributed by atoms with Crippen molar-refractivity contribution in [2.24, 2.45) is 0 Å². The molecule has 0 bridgehead atoms. The highest BCUT2D eigenvalue weighted by molar-refractivity contribution is 9.10. The van der Waals surface area contributed by atoms with E-state index in [1.54, 1.807) is 30.3 Å². The van der Waals surface area contributed by atoms with Crippen molar-refractivity contribution in [3.05, 3.63) is 70.7 Å². The summed E-state index contributed by atoms with van der Waals surface area (Å²) in [4.78, 5) is 25.3. The molecule has 0 aliphatic heterocycles. The summed E-state index contributed by atoms with van der Waals surface area (Å²) in [5.74, 6) is -1.09. The lowest BCUT2D eigenvalue weighted by atomic mass is 10.2. The van der Waals surface area contributed by atoms with Gasteiger partial charge in [0.05, 0.1) is 6.07 Å². The third-order valence-electron chi connectivity index (χ3n) is 3.24. The summed E-state index contributed by atoms with van der Waals surface area (Å²) < 4.78 is 5.82. The lowest BCUT2D eigenvalue weighted by Gasteiger charge is -2.19. The molecule has 6 heteroatoms. The van der Waals surface area contributed by atoms with Crippen LogP contribution in [0.2, 0.25) is 0 Å². The van der Waals surface area contributed by atoms with E-state index in [1.165, 1.54) is 11.0 Å². The van der Waals surface area contributed by atoms with Crippen LogP contribution in [-0.4, -0.2) is 25.0 Å². The van der Waals surface area contributed by atoms with Crippen molar-refractivity contribution in [3.63, 3.8) is 0 Å². The number of anilines is 1. The van der Waals surface area contributed by atoms with E-state index in [9.17, 15) is 9.59 Å². The first-order valence-corrected chi connectivity index (χ1v) is 8.23. The van der Waals surface area contributed by atoms with Crippen LogP contribution in [0.3, 0.4) is 0 Å². The first-order valence-electron chi connectivity index (χ1n) is 7.43. The van der Waals surface area contributed by atoms with Crippen LogP contribution in [0.5, 0.6) is 0 Å². The van der Waals surface area contributed by atoms with Crippen LogP contribution in [-0.2, 0) is 14.3 Å². The Hall–Kier alpha value is -2.91. The van der Waals surface area contributed by atoms with Crippen LogP contribution in [0.25, 0.3) is 6.08 Å². The Bertz CT molecular complexity index is 813. The van der Waals surface area contributed by atoms with Crippen LogP contribution in [0.15, 0.2) is 65.1 Å². The van der Waals surface area contributed by atoms with Crippen LogP contribution in [0.4, 0.5) is 5.69 Å². The molecule has 0 aliphatic carbocycles. The summed E-state index contributed by atoms with van der Waals surface area (Å²) in [6, 6.07) is 18.1. The van der Waals surface area contributed by atoms with Crippen molar-refractivity contribution >= 4 is 39.6 Å². The second-order valence-corrected chi connectivity index (χ2v) is 5.79. The molecule has 0 spiro atoms. The predicted molar refractivity (Wildman–Crippen MR) is 98.5 cm³/mol. The topological polar surface area (TPSA) is 70.4 Å². The van der Waals surface area contributed by atoms with Gasteiger partial charge in [-0.05, 0) is 29.8 Å². The van der Waals surface area contributed by atoms with E-state index in [1.807, 2.05) is 36.4 Å². The summed E-state index contributed by atoms with van der Waals surface area (Å²) in [7, 11) is 0. The second-order valence-electron chi connectivity index (χ2n) is 4.94. The zero-order valence-corrected chi connectivity index (χ0v) is 14.8. The van der Waals surface area contributed by atoms with Gasteiger partial charge < -0.3 is 4.74 Å². The van der Waals surface area contributed by atoms with Gasteiger partial charge in [-0.25, -0.2) is 4.79 Å². The Morgan fingerprint density at radius 1 is 1.12 bits per heavy atom. The minimum Gasteiger partial charge on any atom is -0.452 e. The van der Waals surface area contributed by atoms with Crippen molar-refractivity contribution in [1.29, 1.82) is 5.26 Å². The number of nitrogens with zero attached hydrogens (tertiary/aromatic N) is 2. The number of carbonyl (C=O) groups excluding carboxylic acids is 2. The van der Waals surface area contributed by atoms with Crippen molar-refractivity contribution in [2.75, 3.05) is 18.1 Å². The third kappa shape index (κ3) is 5.59. The molecule has 0 saturated heterocycles. The molecule has 0 atom stereocenters. The molecule has 25 heavy (non-hydrogen) atoms. The number of halogens is 1. The van der Waals surface area contributed by atoms with E-state index < -0.39 is 18.5 Å². The molecule has 0 saturated carbocycles. The van der Waals surface area contributed by atoms with Gasteiger partial charge in [-0.15, -0.1) is 0 Å². The van der Waals surface area contributed by atoms with E-state index >= 15 is 0 Å². The standard InChI is InChI=1S/C19H15BrN2O3/c20-17-9-5-4-6-15(17)10-11-19(24)25-14-18(23)22(13-12-21)16-7-2-1-3-8-16/h1-11H,13-14H2/b11-10+. The Balaban J connectivity index is 1.95. The van der Waals surface area contributed by atoms with Gasteiger partial charge in [0.15, 0.2) is 6.61 Å². The van der Waals surface area contributed by atoms with Gasteiger partial charge in [-0.2, -0.15) is 5.26 Å². The summed E-state index contributed by atoms with van der Waals surface area (Å²) in [5, 5.41) is 8.89. The molecule has 1 amide bonds. The molecule has 0 heterocycles. The number of carbonyl (C=O) groups is 2. The lowest BCUT2D eigenvalue weighted by molar-refractivity contribution is -0.142. The first-order chi connectivity index (χ1) is 12.1. The Morgan fingerprint density at radius 2 is 1.80 bits per heavy atom. The molecule has 0 aliphatic rings. The number of ether oxygens (including phenoxy) is 1. The molecule has 126 valence electrons. The molecule has 2 rings (SSSR count). The Kier molecular flexibility index (Phi) is 6.93. The highest BCUT2D eigenvalue weighted by atomic mass is 79.9. The fourth-order valence-corrected chi connectivity index (χ4v) is 2.45. The van der Waals surface area contributed by atoms with E-state index in [0.717, 1.165) is 10.0 Å². The third-order valence-corrected chi connectivity index (χ3v) is 3.96. The number of nitriles is 1. The number of esters is 1. The van der Waals surface area contributed by atoms with E-state index in [-0.39, 0.29) is 6.54 Å². The number of hydrogen-bond acceptors (Lipinski definition) is 4. The molecule has 0 N–H and O–H groups in total. The maximum atomic E-state index is 12.2. The zero-order valence-electron chi connectivity index (χ0n) is 13.3. The van der Waals surface area contributed by atoms with Crippen molar-refractivity contribution in [1.82, 2.24) is 0 Å². The summed E-state index contributed by atoms with van der Waals surface area (Å²) >= 11 is 3.38. The maximum Gasteiger partial charge on any atom is 0.331 e. The van der Waals surface area contributed by atoms with Gasteiger partial charge in [0.2, 0.25) is 0 Å². The molecule has 2 aromatic carbocycles. The highest BCUT2D eigenvalue weighted by Crippen LogP contribution is 2.17. The molecule has 5 nitrogen and oxygen atoms in total. The number of amides is 1. The lowest BCUT2D eigenvalue weighted by Crippen LogP contribution is -2.34. The molecule has 0 aromatic heterocycles. The normalized spacial score (nSPS) is 10.2. The van der Waals surface area contributed by atoms with Gasteiger partial charge in [0, 0.05) is 16.2 Å². The van der Waals surface area contributed by atoms with E-state index in [0.29, 0.717) is 5.69 Å². The monoisotopic (exact) mass is 398 g/mol. The van der Waals surface area contributed by atoms with Crippen molar-refractivity contribution in [3.8, 4) is 6.07 Å². The van der Waals surface area contributed by atoms with Crippen molar-refractivity contribution in [2.45, 2.75) is 0 Å². The zero-order chi connectivity index (χ0) is 18.1. The van der Waals surface area contributed by atoms with Crippen molar-refractivity contribution < 1.29 is 14.3 Å². The minimum atomic E-state index is -0.630. The molecule has 0 unspecified atom stereocenters. The average Bonchev–Trinajstić information content (AvgIpc) is 2.64. The number of rotatable bonds is 6. The quantitative estimate of drug-likeness (QED) is 0.423. The van der Waals surface area contributed by atoms with E-state index in [2.05, 4.69) is 15.9 Å². The minimum absolute atomic E-state index is 0.118. The van der Waals surface area contributed by atoms with Gasteiger partial charge in [-0.1, -0.05) is 52.3 Å². The number of benzene rings is 2. The molecule has 2 aromatic rings. The van der Waals surface area contributed by atoms with Gasteiger partial charge in [-0.3, -0.25) is 9.69 Å². The largest absolute Gasteiger partial charge is 0.452 e. The summed E-state index contributed by atoms with van der Waals surface area (Å²) in [6.07, 6.45) is 2.85. The van der Waals surface area contributed by atoms with E-state index in [4.69, 9.17) is 10.00 Å². The molecular formula is C19H15BrN2O3. The fourth-order valence-electron chi connectivity index (χ4n) is 2.03. The maximum absolute atomic E-state index is 12.2. The average molecular weight is 399 g/mol. The van der Waals surface area contributed by atoms with Crippen LogP contribution >= 0.6 is 15.9 Å². The summed E-state index contributed by atoms with van der Waals surface area (Å²) in [6.45, 7) is -0.553. The SMILES string of the molecule is N#CCN(C(=O)COC(=O)/C=C/c1ccccc1Br)c1ccccc1. The fraction of sp³-hybridized carbons (Fsp3) is 0.105. The number of para-hydroxylation sites is 1.